The van der Waals surface area contributed by atoms with Gasteiger partial charge in [-0.3, -0.25) is 14.4 Å². The smallest absolute Gasteiger partial charge is 0.248 e. The molecule has 1 aliphatic heterocycles. The third-order valence-electron chi connectivity index (χ3n) is 3.49. The Morgan fingerprint density at radius 2 is 1.57 bits per heavy atom. The number of amides is 3. The molecule has 0 N–H and O–H groups in total. The number of imidazole rings is 1. The maximum absolute atomic E-state index is 12.4. The molecule has 2 rings (SSSR count). The predicted octanol–water partition coefficient (Wildman–Crippen LogP) is 0.0171. The van der Waals surface area contributed by atoms with Gasteiger partial charge in [0.15, 0.2) is 0 Å². The van der Waals surface area contributed by atoms with E-state index >= 15 is 0 Å². The summed E-state index contributed by atoms with van der Waals surface area (Å²) in [5, 5.41) is 0. The molecule has 3 amide bonds. The fraction of sp³-hybridized carbons (Fsp3) is 0.333. The van der Waals surface area contributed by atoms with Gasteiger partial charge in [0, 0.05) is 25.4 Å². The van der Waals surface area contributed by atoms with E-state index in [9.17, 15) is 14.4 Å². The number of rotatable bonds is 5. The molecule has 1 aliphatic rings. The Hall–Kier alpha value is -2.90. The normalized spacial score (nSPS) is 14.5. The fourth-order valence-corrected chi connectivity index (χ4v) is 2.25. The van der Waals surface area contributed by atoms with Gasteiger partial charge in [0.1, 0.15) is 0 Å². The Kier molecular flexibility index (Phi) is 5.29. The second kappa shape index (κ2) is 7.39. The molecule has 8 nitrogen and oxygen atoms in total. The van der Waals surface area contributed by atoms with Crippen LogP contribution in [0.3, 0.4) is 0 Å². The van der Waals surface area contributed by atoms with E-state index in [2.05, 4.69) is 18.1 Å². The number of nitrogens with zero attached hydrogens (tertiary/aromatic N) is 5. The van der Waals surface area contributed by atoms with Gasteiger partial charge in [-0.2, -0.15) is 0 Å². The van der Waals surface area contributed by atoms with Crippen molar-refractivity contribution in [2.24, 2.45) is 0 Å². The van der Waals surface area contributed by atoms with E-state index in [0.717, 1.165) is 12.2 Å². The molecule has 0 saturated carbocycles. The topological polar surface area (TPSA) is 78.8 Å². The van der Waals surface area contributed by atoms with Crippen LogP contribution < -0.4 is 0 Å². The van der Waals surface area contributed by atoms with Crippen molar-refractivity contribution < 1.29 is 14.4 Å². The Morgan fingerprint density at radius 1 is 1.00 bits per heavy atom. The zero-order chi connectivity index (χ0) is 16.8. The number of carbonyl (C=O) groups is 3. The Bertz CT molecular complexity index is 583. The third kappa shape index (κ3) is 4.06. The molecule has 0 aliphatic carbocycles. The summed E-state index contributed by atoms with van der Waals surface area (Å²) in [5.41, 5.74) is 0. The summed E-state index contributed by atoms with van der Waals surface area (Å²) in [6, 6.07) is 0. The van der Waals surface area contributed by atoms with Crippen molar-refractivity contribution in [2.75, 3.05) is 20.0 Å². The van der Waals surface area contributed by atoms with Gasteiger partial charge in [0.25, 0.3) is 0 Å². The van der Waals surface area contributed by atoms with Gasteiger partial charge in [0.05, 0.1) is 26.3 Å². The molecule has 1 fully saturated rings. The van der Waals surface area contributed by atoms with Crippen LogP contribution >= 0.6 is 0 Å². The van der Waals surface area contributed by atoms with Crippen LogP contribution in [-0.4, -0.2) is 62.0 Å². The van der Waals surface area contributed by atoms with E-state index < -0.39 is 0 Å². The van der Waals surface area contributed by atoms with Crippen LogP contribution in [0.4, 0.5) is 0 Å². The highest BCUT2D eigenvalue weighted by atomic mass is 16.2. The largest absolute Gasteiger partial charge is 0.337 e. The maximum Gasteiger partial charge on any atom is 0.248 e. The molecule has 0 spiro atoms. The molecule has 0 aromatic carbocycles. The highest BCUT2D eigenvalue weighted by Crippen LogP contribution is 2.11. The summed E-state index contributed by atoms with van der Waals surface area (Å²) < 4.78 is 1.79. The average molecular weight is 317 g/mol. The number of hydrogen-bond donors (Lipinski definition) is 0. The van der Waals surface area contributed by atoms with Crippen LogP contribution in [0, 0.1) is 0 Å². The summed E-state index contributed by atoms with van der Waals surface area (Å²) in [7, 11) is 0. The summed E-state index contributed by atoms with van der Waals surface area (Å²) >= 11 is 0. The van der Waals surface area contributed by atoms with E-state index in [-0.39, 0.29) is 44.1 Å². The summed E-state index contributed by atoms with van der Waals surface area (Å²) in [5.74, 6) is -0.819. The average Bonchev–Trinajstić information content (AvgIpc) is 3.11. The van der Waals surface area contributed by atoms with Crippen molar-refractivity contribution in [1.29, 1.82) is 0 Å². The molecule has 23 heavy (non-hydrogen) atoms. The van der Waals surface area contributed by atoms with Gasteiger partial charge in [-0.15, -0.1) is 0 Å². The minimum atomic E-state index is -0.334. The molecule has 8 heteroatoms. The van der Waals surface area contributed by atoms with Crippen LogP contribution in [0.15, 0.2) is 44.0 Å². The second-order valence-electron chi connectivity index (χ2n) is 5.07. The molecule has 0 atom stereocenters. The van der Waals surface area contributed by atoms with Crippen LogP contribution in [0.1, 0.15) is 6.42 Å². The lowest BCUT2D eigenvalue weighted by molar-refractivity contribution is -0.154. The Balaban J connectivity index is 2.03. The Morgan fingerprint density at radius 3 is 2.04 bits per heavy atom. The van der Waals surface area contributed by atoms with Crippen LogP contribution in [0.25, 0.3) is 0 Å². The molecule has 0 unspecified atom stereocenters. The number of aromatic nitrogens is 2. The van der Waals surface area contributed by atoms with Gasteiger partial charge in [-0.05, 0) is 12.2 Å². The van der Waals surface area contributed by atoms with E-state index in [1.54, 1.807) is 23.3 Å². The van der Waals surface area contributed by atoms with E-state index in [1.807, 2.05) is 0 Å². The molecule has 1 aromatic heterocycles. The quantitative estimate of drug-likeness (QED) is 0.717. The van der Waals surface area contributed by atoms with Crippen LogP contribution in [-0.2, 0) is 20.9 Å². The van der Waals surface area contributed by atoms with Crippen LogP contribution in [0.2, 0.25) is 0 Å². The Labute approximate surface area is 134 Å². The molecule has 1 saturated heterocycles. The number of carbonyl (C=O) groups excluding carboxylic acids is 3. The van der Waals surface area contributed by atoms with Crippen molar-refractivity contribution in [3.05, 3.63) is 44.0 Å². The highest BCUT2D eigenvalue weighted by Gasteiger charge is 2.29. The minimum Gasteiger partial charge on any atom is -0.337 e. The van der Waals surface area contributed by atoms with Crippen molar-refractivity contribution in [1.82, 2.24) is 24.3 Å². The van der Waals surface area contributed by atoms with Crippen molar-refractivity contribution in [3.8, 4) is 0 Å². The molecule has 122 valence electrons. The van der Waals surface area contributed by atoms with Gasteiger partial charge in [-0.1, -0.05) is 13.2 Å². The summed E-state index contributed by atoms with van der Waals surface area (Å²) in [6.45, 7) is 7.74. The summed E-state index contributed by atoms with van der Waals surface area (Å²) in [6.07, 6.45) is 7.62. The minimum absolute atomic E-state index is 0.112. The van der Waals surface area contributed by atoms with Crippen LogP contribution in [0.5, 0.6) is 0 Å². The SMILES string of the molecule is C=CC(=O)N1CN(C(=O)C=C)CN(C(=O)CCn2ccnc2)C1. The van der Waals surface area contributed by atoms with Gasteiger partial charge in [-0.25, -0.2) is 4.98 Å². The second-order valence-corrected chi connectivity index (χ2v) is 5.07. The highest BCUT2D eigenvalue weighted by molar-refractivity contribution is 5.90. The van der Waals surface area contributed by atoms with Crippen molar-refractivity contribution >= 4 is 17.7 Å². The lowest BCUT2D eigenvalue weighted by atomic mass is 10.3. The zero-order valence-corrected chi connectivity index (χ0v) is 12.8. The summed E-state index contributed by atoms with van der Waals surface area (Å²) in [4.78, 5) is 44.2. The molecular formula is C15H19N5O3. The first kappa shape index (κ1) is 16.5. The first-order valence-corrected chi connectivity index (χ1v) is 7.11. The van der Waals surface area contributed by atoms with Crippen molar-refractivity contribution in [2.45, 2.75) is 13.0 Å². The molecule has 0 radical (unpaired) electrons. The van der Waals surface area contributed by atoms with Gasteiger partial charge < -0.3 is 19.3 Å². The van der Waals surface area contributed by atoms with Gasteiger partial charge >= 0.3 is 0 Å². The molecule has 2 heterocycles. The fourth-order valence-electron chi connectivity index (χ4n) is 2.25. The number of aryl methyl sites for hydroxylation is 1. The first-order valence-electron chi connectivity index (χ1n) is 7.11. The standard InChI is InChI=1S/C15H19N5O3/c1-3-13(21)18-10-19(14(22)4-2)12-20(11-18)15(23)5-7-17-8-6-16-9-17/h3-4,6,8-9H,1-2,5,7,10-12H2. The molecule has 0 bridgehead atoms. The lowest BCUT2D eigenvalue weighted by Crippen LogP contribution is -2.59. The van der Waals surface area contributed by atoms with E-state index in [0.29, 0.717) is 6.54 Å². The maximum atomic E-state index is 12.4. The van der Waals surface area contributed by atoms with E-state index in [4.69, 9.17) is 0 Å². The monoisotopic (exact) mass is 317 g/mol. The molecular weight excluding hydrogens is 298 g/mol. The lowest BCUT2D eigenvalue weighted by Gasteiger charge is -2.41. The van der Waals surface area contributed by atoms with Crippen molar-refractivity contribution in [3.63, 3.8) is 0 Å². The zero-order valence-electron chi connectivity index (χ0n) is 12.8. The van der Waals surface area contributed by atoms with E-state index in [1.165, 1.54) is 14.7 Å². The molecule has 1 aromatic rings. The predicted molar refractivity (Wildman–Crippen MR) is 82.4 cm³/mol. The van der Waals surface area contributed by atoms with Gasteiger partial charge in [0.2, 0.25) is 17.7 Å². The number of hydrogen-bond acceptors (Lipinski definition) is 4. The third-order valence-corrected chi connectivity index (χ3v) is 3.49. The first-order chi connectivity index (χ1) is 11.0.